The van der Waals surface area contributed by atoms with Crippen molar-refractivity contribution in [1.82, 2.24) is 10.2 Å². The van der Waals surface area contributed by atoms with Gasteiger partial charge in [-0.25, -0.2) is 0 Å². The van der Waals surface area contributed by atoms with Crippen molar-refractivity contribution in [2.24, 2.45) is 11.1 Å². The van der Waals surface area contributed by atoms with Crippen LogP contribution < -0.4 is 11.1 Å². The summed E-state index contributed by atoms with van der Waals surface area (Å²) in [5, 5.41) is 2.60. The van der Waals surface area contributed by atoms with Crippen LogP contribution in [-0.4, -0.2) is 42.3 Å². The molecule has 3 N–H and O–H groups in total. The second-order valence-corrected chi connectivity index (χ2v) is 4.28. The van der Waals surface area contributed by atoms with Gasteiger partial charge >= 0.3 is 0 Å². The lowest BCUT2D eigenvalue weighted by atomic mass is 9.88. The van der Waals surface area contributed by atoms with Gasteiger partial charge in [-0.3, -0.25) is 19.3 Å². The molecule has 0 saturated carbocycles. The molecule has 1 saturated heterocycles. The Labute approximate surface area is 94.2 Å². The van der Waals surface area contributed by atoms with Gasteiger partial charge in [0.15, 0.2) is 0 Å². The standard InChI is InChI=1S/C10H17N3O3/c1-7(14)13(4-3-11)9(16)10(2)5-8(15)12-6-10/h3-6,11H2,1-2H3,(H,12,15). The zero-order chi connectivity index (χ0) is 12.3. The first-order valence-corrected chi connectivity index (χ1v) is 5.20. The molecular formula is C10H17N3O3. The minimum atomic E-state index is -0.822. The van der Waals surface area contributed by atoms with Crippen molar-refractivity contribution in [1.29, 1.82) is 0 Å². The minimum Gasteiger partial charge on any atom is -0.355 e. The molecular weight excluding hydrogens is 210 g/mol. The van der Waals surface area contributed by atoms with Crippen LogP contribution in [0.4, 0.5) is 0 Å². The molecule has 6 nitrogen and oxygen atoms in total. The summed E-state index contributed by atoms with van der Waals surface area (Å²) in [5.74, 6) is -0.827. The number of nitrogens with zero attached hydrogens (tertiary/aromatic N) is 1. The van der Waals surface area contributed by atoms with E-state index in [1.165, 1.54) is 6.92 Å². The molecule has 1 fully saturated rings. The Balaban J connectivity index is 2.82. The summed E-state index contributed by atoms with van der Waals surface area (Å²) < 4.78 is 0. The Kier molecular flexibility index (Phi) is 3.64. The van der Waals surface area contributed by atoms with E-state index in [4.69, 9.17) is 5.73 Å². The molecule has 0 spiro atoms. The quantitative estimate of drug-likeness (QED) is 0.636. The predicted molar refractivity (Wildman–Crippen MR) is 57.2 cm³/mol. The first kappa shape index (κ1) is 12.6. The number of hydrogen-bond donors (Lipinski definition) is 2. The molecule has 3 amide bonds. The molecule has 0 bridgehead atoms. The first-order chi connectivity index (χ1) is 7.40. The third-order valence-electron chi connectivity index (χ3n) is 2.72. The lowest BCUT2D eigenvalue weighted by Crippen LogP contribution is -2.47. The van der Waals surface area contributed by atoms with Crippen LogP contribution in [0.2, 0.25) is 0 Å². The molecule has 1 aliphatic rings. The molecule has 1 atom stereocenters. The average Bonchev–Trinajstić information content (AvgIpc) is 2.55. The Bertz CT molecular complexity index is 329. The highest BCUT2D eigenvalue weighted by atomic mass is 16.2. The van der Waals surface area contributed by atoms with E-state index >= 15 is 0 Å². The summed E-state index contributed by atoms with van der Waals surface area (Å²) in [6.07, 6.45) is 0.125. The predicted octanol–water partition coefficient (Wildman–Crippen LogP) is -1.15. The maximum atomic E-state index is 12.1. The van der Waals surface area contributed by atoms with Gasteiger partial charge in [0.2, 0.25) is 17.7 Å². The number of carbonyl (C=O) groups excluding carboxylic acids is 3. The maximum Gasteiger partial charge on any atom is 0.237 e. The Morgan fingerprint density at radius 1 is 1.56 bits per heavy atom. The van der Waals surface area contributed by atoms with Gasteiger partial charge in [0.25, 0.3) is 0 Å². The fraction of sp³-hybridized carbons (Fsp3) is 0.700. The van der Waals surface area contributed by atoms with Crippen LogP contribution in [0.3, 0.4) is 0 Å². The fourth-order valence-corrected chi connectivity index (χ4v) is 1.78. The summed E-state index contributed by atoms with van der Waals surface area (Å²) in [6.45, 7) is 3.69. The Morgan fingerprint density at radius 3 is 2.56 bits per heavy atom. The summed E-state index contributed by atoms with van der Waals surface area (Å²) in [4.78, 5) is 35.6. The molecule has 0 aliphatic carbocycles. The highest BCUT2D eigenvalue weighted by Gasteiger charge is 2.43. The van der Waals surface area contributed by atoms with Crippen LogP contribution >= 0.6 is 0 Å². The van der Waals surface area contributed by atoms with Crippen LogP contribution in [0, 0.1) is 5.41 Å². The maximum absolute atomic E-state index is 12.1. The lowest BCUT2D eigenvalue weighted by Gasteiger charge is -2.28. The van der Waals surface area contributed by atoms with E-state index in [1.54, 1.807) is 6.92 Å². The van der Waals surface area contributed by atoms with E-state index < -0.39 is 5.41 Å². The summed E-state index contributed by atoms with van der Waals surface area (Å²) in [6, 6.07) is 0. The van der Waals surface area contributed by atoms with Crippen molar-refractivity contribution in [2.45, 2.75) is 20.3 Å². The van der Waals surface area contributed by atoms with Crippen molar-refractivity contribution in [3.8, 4) is 0 Å². The number of rotatable bonds is 3. The summed E-state index contributed by atoms with van der Waals surface area (Å²) in [5.41, 5.74) is 4.52. The zero-order valence-electron chi connectivity index (χ0n) is 9.58. The van der Waals surface area contributed by atoms with Gasteiger partial charge in [0, 0.05) is 33.0 Å². The second-order valence-electron chi connectivity index (χ2n) is 4.28. The average molecular weight is 227 g/mol. The first-order valence-electron chi connectivity index (χ1n) is 5.20. The van der Waals surface area contributed by atoms with Crippen LogP contribution in [0.25, 0.3) is 0 Å². The Morgan fingerprint density at radius 2 is 2.19 bits per heavy atom. The minimum absolute atomic E-state index is 0.125. The molecule has 6 heteroatoms. The number of nitrogens with one attached hydrogen (secondary N) is 1. The van der Waals surface area contributed by atoms with E-state index in [2.05, 4.69) is 5.32 Å². The van der Waals surface area contributed by atoms with Crippen molar-refractivity contribution >= 4 is 17.7 Å². The van der Waals surface area contributed by atoms with Crippen molar-refractivity contribution < 1.29 is 14.4 Å². The molecule has 1 aliphatic heterocycles. The second kappa shape index (κ2) is 4.61. The Hall–Kier alpha value is -1.43. The van der Waals surface area contributed by atoms with E-state index in [9.17, 15) is 14.4 Å². The highest BCUT2D eigenvalue weighted by Crippen LogP contribution is 2.27. The van der Waals surface area contributed by atoms with E-state index in [0.717, 1.165) is 4.90 Å². The molecule has 0 aromatic rings. The summed E-state index contributed by atoms with van der Waals surface area (Å²) in [7, 11) is 0. The van der Waals surface area contributed by atoms with Gasteiger partial charge in [0.1, 0.15) is 0 Å². The topological polar surface area (TPSA) is 92.5 Å². The third kappa shape index (κ3) is 2.38. The molecule has 0 aromatic carbocycles. The zero-order valence-corrected chi connectivity index (χ0v) is 9.58. The molecule has 0 aromatic heterocycles. The lowest BCUT2D eigenvalue weighted by molar-refractivity contribution is -0.150. The number of amides is 3. The van der Waals surface area contributed by atoms with Gasteiger partial charge in [-0.05, 0) is 6.92 Å². The SMILES string of the molecule is CC(=O)N(CCN)C(=O)C1(C)CNC(=O)C1. The van der Waals surface area contributed by atoms with Gasteiger partial charge < -0.3 is 11.1 Å². The largest absolute Gasteiger partial charge is 0.355 e. The molecule has 16 heavy (non-hydrogen) atoms. The molecule has 90 valence electrons. The monoisotopic (exact) mass is 227 g/mol. The number of carbonyl (C=O) groups is 3. The van der Waals surface area contributed by atoms with Crippen LogP contribution in [0.5, 0.6) is 0 Å². The molecule has 1 unspecified atom stereocenters. The van der Waals surface area contributed by atoms with E-state index in [1.807, 2.05) is 0 Å². The van der Waals surface area contributed by atoms with E-state index in [0.29, 0.717) is 0 Å². The smallest absolute Gasteiger partial charge is 0.237 e. The molecule has 1 rings (SSSR count). The van der Waals surface area contributed by atoms with Gasteiger partial charge in [-0.2, -0.15) is 0 Å². The molecule has 0 radical (unpaired) electrons. The van der Waals surface area contributed by atoms with Gasteiger partial charge in [-0.1, -0.05) is 0 Å². The highest BCUT2D eigenvalue weighted by molar-refractivity contribution is 6.00. The van der Waals surface area contributed by atoms with Crippen LogP contribution in [0.1, 0.15) is 20.3 Å². The van der Waals surface area contributed by atoms with Crippen molar-refractivity contribution in [2.75, 3.05) is 19.6 Å². The van der Waals surface area contributed by atoms with Crippen molar-refractivity contribution in [3.05, 3.63) is 0 Å². The number of imide groups is 1. The van der Waals surface area contributed by atoms with Crippen molar-refractivity contribution in [3.63, 3.8) is 0 Å². The number of nitrogens with two attached hydrogens (primary N) is 1. The van der Waals surface area contributed by atoms with E-state index in [-0.39, 0.29) is 43.8 Å². The summed E-state index contributed by atoms with van der Waals surface area (Å²) >= 11 is 0. The van der Waals surface area contributed by atoms with Gasteiger partial charge in [-0.15, -0.1) is 0 Å². The fourth-order valence-electron chi connectivity index (χ4n) is 1.78. The van der Waals surface area contributed by atoms with Gasteiger partial charge in [0.05, 0.1) is 5.41 Å². The van der Waals surface area contributed by atoms with Crippen LogP contribution in [-0.2, 0) is 14.4 Å². The van der Waals surface area contributed by atoms with Crippen LogP contribution in [0.15, 0.2) is 0 Å². The third-order valence-corrected chi connectivity index (χ3v) is 2.72. The molecule has 1 heterocycles. The number of hydrogen-bond acceptors (Lipinski definition) is 4. The normalized spacial score (nSPS) is 24.1.